The number of ether oxygens (including phenoxy) is 1. The fourth-order valence-electron chi connectivity index (χ4n) is 1.72. The first-order valence-corrected chi connectivity index (χ1v) is 7.22. The maximum Gasteiger partial charge on any atom is 0.132 e. The lowest BCUT2D eigenvalue weighted by molar-refractivity contribution is 0.130. The molecule has 1 aromatic rings. The number of anilines is 1. The molecule has 94 valence electrons. The van der Waals surface area contributed by atoms with E-state index in [2.05, 4.69) is 38.9 Å². The molecule has 3 nitrogen and oxygen atoms in total. The predicted octanol–water partition coefficient (Wildman–Crippen LogP) is 2.84. The van der Waals surface area contributed by atoms with Gasteiger partial charge in [-0.25, -0.2) is 4.98 Å². The van der Waals surface area contributed by atoms with Crippen LogP contribution < -0.4 is 4.90 Å². The lowest BCUT2D eigenvalue weighted by atomic mass is 10.3. The van der Waals surface area contributed by atoms with E-state index in [1.54, 1.807) is 0 Å². The van der Waals surface area contributed by atoms with Gasteiger partial charge in [-0.3, -0.25) is 0 Å². The topological polar surface area (TPSA) is 25.4 Å². The Morgan fingerprint density at radius 2 is 2.35 bits per heavy atom. The van der Waals surface area contributed by atoms with Crippen molar-refractivity contribution in [2.24, 2.45) is 5.92 Å². The summed E-state index contributed by atoms with van der Waals surface area (Å²) < 4.78 is 5.64. The summed E-state index contributed by atoms with van der Waals surface area (Å²) in [5.74, 6) is 1.88. The molecule has 1 aliphatic rings. The number of pyridine rings is 1. The number of nitrogens with zero attached hydrogens (tertiary/aromatic N) is 2. The number of hydrogen-bond acceptors (Lipinski definition) is 3. The van der Waals surface area contributed by atoms with Crippen molar-refractivity contribution < 1.29 is 4.74 Å². The van der Waals surface area contributed by atoms with Crippen molar-refractivity contribution in [2.45, 2.75) is 18.2 Å². The Labute approximate surface area is 111 Å². The van der Waals surface area contributed by atoms with Crippen LogP contribution in [0, 0.1) is 5.92 Å². The van der Waals surface area contributed by atoms with Gasteiger partial charge in [0.2, 0.25) is 0 Å². The molecule has 1 heterocycles. The number of hydrogen-bond donors (Lipinski definition) is 0. The van der Waals surface area contributed by atoms with Gasteiger partial charge in [0.15, 0.2) is 0 Å². The summed E-state index contributed by atoms with van der Waals surface area (Å²) >= 11 is 3.49. The van der Waals surface area contributed by atoms with Crippen LogP contribution in [-0.2, 0) is 10.1 Å². The highest BCUT2D eigenvalue weighted by Crippen LogP contribution is 2.28. The quantitative estimate of drug-likeness (QED) is 0.572. The minimum atomic E-state index is 0.783. The molecule has 0 atom stereocenters. The van der Waals surface area contributed by atoms with Crippen molar-refractivity contribution in [3.8, 4) is 0 Å². The van der Waals surface area contributed by atoms with Crippen LogP contribution in [0.5, 0.6) is 0 Å². The summed E-state index contributed by atoms with van der Waals surface area (Å²) in [6.07, 6.45) is 4.54. The SMILES string of the molecule is CN(CCOCC1CC1)c1ncccc1CBr. The van der Waals surface area contributed by atoms with Gasteiger partial charge < -0.3 is 9.64 Å². The summed E-state index contributed by atoms with van der Waals surface area (Å²) in [6, 6.07) is 4.07. The van der Waals surface area contributed by atoms with E-state index in [4.69, 9.17) is 4.74 Å². The van der Waals surface area contributed by atoms with E-state index in [0.29, 0.717) is 0 Å². The summed E-state index contributed by atoms with van der Waals surface area (Å²) in [5, 5.41) is 0.837. The molecular weight excluding hydrogens is 280 g/mol. The van der Waals surface area contributed by atoms with E-state index in [0.717, 1.165) is 36.8 Å². The molecule has 1 saturated carbocycles. The van der Waals surface area contributed by atoms with E-state index in [-0.39, 0.29) is 0 Å². The van der Waals surface area contributed by atoms with Crippen LogP contribution in [0.4, 0.5) is 5.82 Å². The molecular formula is C13H19BrN2O. The molecule has 1 fully saturated rings. The van der Waals surface area contributed by atoms with Gasteiger partial charge in [0.1, 0.15) is 5.82 Å². The number of rotatable bonds is 7. The van der Waals surface area contributed by atoms with Crippen molar-refractivity contribution in [3.63, 3.8) is 0 Å². The zero-order valence-electron chi connectivity index (χ0n) is 10.2. The van der Waals surface area contributed by atoms with Gasteiger partial charge in [-0.15, -0.1) is 0 Å². The summed E-state index contributed by atoms with van der Waals surface area (Å²) in [4.78, 5) is 6.57. The van der Waals surface area contributed by atoms with Gasteiger partial charge in [-0.05, 0) is 24.8 Å². The van der Waals surface area contributed by atoms with E-state index >= 15 is 0 Å². The first kappa shape index (κ1) is 12.8. The van der Waals surface area contributed by atoms with Gasteiger partial charge in [-0.2, -0.15) is 0 Å². The van der Waals surface area contributed by atoms with Gasteiger partial charge in [0.25, 0.3) is 0 Å². The molecule has 0 radical (unpaired) electrons. The molecule has 1 aromatic heterocycles. The lowest BCUT2D eigenvalue weighted by Gasteiger charge is -2.20. The van der Waals surface area contributed by atoms with Crippen LogP contribution >= 0.6 is 15.9 Å². The molecule has 0 bridgehead atoms. The smallest absolute Gasteiger partial charge is 0.132 e. The number of halogens is 1. The first-order chi connectivity index (χ1) is 8.31. The second kappa shape index (κ2) is 6.36. The largest absolute Gasteiger partial charge is 0.379 e. The fraction of sp³-hybridized carbons (Fsp3) is 0.615. The van der Waals surface area contributed by atoms with Gasteiger partial charge in [0, 0.05) is 37.3 Å². The van der Waals surface area contributed by atoms with E-state index in [9.17, 15) is 0 Å². The van der Waals surface area contributed by atoms with Crippen molar-refractivity contribution in [1.29, 1.82) is 0 Å². The standard InChI is InChI=1S/C13H19BrN2O/c1-16(7-8-17-10-11-4-5-11)13-12(9-14)3-2-6-15-13/h2-3,6,11H,4-5,7-10H2,1H3. The van der Waals surface area contributed by atoms with Crippen LogP contribution in [-0.4, -0.2) is 31.8 Å². The molecule has 2 rings (SSSR count). The Hall–Kier alpha value is -0.610. The Balaban J connectivity index is 1.78. The minimum absolute atomic E-state index is 0.783. The molecule has 0 aromatic carbocycles. The van der Waals surface area contributed by atoms with Crippen molar-refractivity contribution >= 4 is 21.7 Å². The molecule has 1 aliphatic carbocycles. The van der Waals surface area contributed by atoms with Crippen LogP contribution in [0.2, 0.25) is 0 Å². The highest BCUT2D eigenvalue weighted by atomic mass is 79.9. The number of alkyl halides is 1. The third kappa shape index (κ3) is 3.96. The summed E-state index contributed by atoms with van der Waals surface area (Å²) in [6.45, 7) is 2.61. The van der Waals surface area contributed by atoms with Crippen molar-refractivity contribution in [1.82, 2.24) is 4.98 Å². The van der Waals surface area contributed by atoms with Gasteiger partial charge >= 0.3 is 0 Å². The highest BCUT2D eigenvalue weighted by molar-refractivity contribution is 9.08. The Kier molecular flexibility index (Phi) is 4.80. The Morgan fingerprint density at radius 3 is 3.06 bits per heavy atom. The van der Waals surface area contributed by atoms with Crippen molar-refractivity contribution in [2.75, 3.05) is 31.7 Å². The zero-order valence-corrected chi connectivity index (χ0v) is 11.8. The van der Waals surface area contributed by atoms with Crippen molar-refractivity contribution in [3.05, 3.63) is 23.9 Å². The normalized spacial score (nSPS) is 14.9. The summed E-state index contributed by atoms with van der Waals surface area (Å²) in [7, 11) is 2.06. The minimum Gasteiger partial charge on any atom is -0.379 e. The maximum absolute atomic E-state index is 5.64. The highest BCUT2D eigenvalue weighted by Gasteiger charge is 2.21. The van der Waals surface area contributed by atoms with E-state index < -0.39 is 0 Å². The van der Waals surface area contributed by atoms with Gasteiger partial charge in [-0.1, -0.05) is 22.0 Å². The second-order valence-corrected chi connectivity index (χ2v) is 5.12. The van der Waals surface area contributed by atoms with Crippen LogP contribution in [0.25, 0.3) is 0 Å². The first-order valence-electron chi connectivity index (χ1n) is 6.10. The average Bonchev–Trinajstić information content (AvgIpc) is 3.18. The zero-order chi connectivity index (χ0) is 12.1. The monoisotopic (exact) mass is 298 g/mol. The lowest BCUT2D eigenvalue weighted by Crippen LogP contribution is -2.24. The van der Waals surface area contributed by atoms with Gasteiger partial charge in [0.05, 0.1) is 6.61 Å². The second-order valence-electron chi connectivity index (χ2n) is 4.56. The fourth-order valence-corrected chi connectivity index (χ4v) is 2.16. The average molecular weight is 299 g/mol. The van der Waals surface area contributed by atoms with Crippen LogP contribution in [0.1, 0.15) is 18.4 Å². The number of aromatic nitrogens is 1. The Morgan fingerprint density at radius 1 is 1.53 bits per heavy atom. The molecule has 0 saturated heterocycles. The molecule has 0 N–H and O–H groups in total. The van der Waals surface area contributed by atoms with E-state index in [1.807, 2.05) is 12.3 Å². The molecule has 0 spiro atoms. The molecule has 4 heteroatoms. The van der Waals surface area contributed by atoms with E-state index in [1.165, 1.54) is 18.4 Å². The summed E-state index contributed by atoms with van der Waals surface area (Å²) in [5.41, 5.74) is 1.22. The number of likely N-dealkylation sites (N-methyl/N-ethyl adjacent to an activating group) is 1. The third-order valence-corrected chi connectivity index (χ3v) is 3.60. The third-order valence-electron chi connectivity index (χ3n) is 2.99. The maximum atomic E-state index is 5.64. The predicted molar refractivity (Wildman–Crippen MR) is 73.7 cm³/mol. The van der Waals surface area contributed by atoms with Crippen LogP contribution in [0.3, 0.4) is 0 Å². The van der Waals surface area contributed by atoms with Crippen LogP contribution in [0.15, 0.2) is 18.3 Å². The molecule has 0 unspecified atom stereocenters. The Bertz CT molecular complexity index is 355. The molecule has 0 aliphatic heterocycles. The molecule has 17 heavy (non-hydrogen) atoms. The molecule has 0 amide bonds.